The number of hydrogen-bond donors (Lipinski definition) is 5. The topological polar surface area (TPSA) is 175 Å². The highest BCUT2D eigenvalue weighted by molar-refractivity contribution is 7.14. The number of thiazole rings is 2. The molecule has 6 aromatic rings. The Labute approximate surface area is 322 Å². The van der Waals surface area contributed by atoms with Gasteiger partial charge in [-0.25, -0.2) is 0 Å². The molecule has 8 rings (SSSR count). The van der Waals surface area contributed by atoms with Crippen LogP contribution in [0.4, 0.5) is 21.4 Å². The summed E-state index contributed by atoms with van der Waals surface area (Å²) in [5, 5.41) is 50.2. The standard InChI is InChI=1S/C21H18N4OS.C11H11N.C10H9N3OS/c22-10-14-4-7-18-15(8-14)2-1-3-20(18)26-17-6-5-16(11-23)19(9-17)25-21-12-24-13-27-21;12-8-9-5-6-10-3-1-2-4-11(10)7-9;11-4-7-1-2-8(14)3-9(7)13-10-5-12-6-15-10/h4-9,11-13,20,23,25H,1-3H2;5-7H,1-4H2;1-6,11,13-14H/t20-;;/m0../s1. The summed E-state index contributed by atoms with van der Waals surface area (Å²) < 4.78 is 6.30. The van der Waals surface area contributed by atoms with Crippen LogP contribution in [-0.4, -0.2) is 27.5 Å². The van der Waals surface area contributed by atoms with Gasteiger partial charge in [0.15, 0.2) is 0 Å². The SMILES string of the molecule is N#Cc1ccc2c(c1)CCCC2.N#Cc1ccc2c(c1)CCC[C@@H]2Oc1ccc(C=N)c(Nc2cncs2)c1.N=Cc1ccc(O)cc1Nc1cncs1. The molecular weight excluding hydrogens is 713 g/mol. The third-order valence-corrected chi connectivity index (χ3v) is 10.4. The maximum Gasteiger partial charge on any atom is 0.124 e. The monoisotopic (exact) mass is 750 g/mol. The number of aryl methyl sites for hydroxylation is 3. The molecule has 5 N–H and O–H groups in total. The lowest BCUT2D eigenvalue weighted by Crippen LogP contribution is -2.15. The smallest absolute Gasteiger partial charge is 0.124 e. The van der Waals surface area contributed by atoms with Gasteiger partial charge in [0, 0.05) is 35.7 Å². The summed E-state index contributed by atoms with van der Waals surface area (Å²) in [7, 11) is 0. The first kappa shape index (κ1) is 37.4. The zero-order valence-corrected chi connectivity index (χ0v) is 31.0. The van der Waals surface area contributed by atoms with Crippen LogP contribution in [0.1, 0.15) is 76.3 Å². The number of nitrogens with zero attached hydrogens (tertiary/aromatic N) is 4. The van der Waals surface area contributed by atoms with E-state index in [-0.39, 0.29) is 11.9 Å². The molecule has 2 aliphatic rings. The lowest BCUT2D eigenvalue weighted by atomic mass is 9.88. The van der Waals surface area contributed by atoms with E-state index in [0.29, 0.717) is 11.3 Å². The fraction of sp³-hybridized carbons (Fsp3) is 0.190. The Bertz CT molecular complexity index is 2290. The van der Waals surface area contributed by atoms with E-state index in [1.165, 1.54) is 71.1 Å². The van der Waals surface area contributed by atoms with Gasteiger partial charge in [-0.2, -0.15) is 10.5 Å². The number of phenols is 1. The molecule has 0 fully saturated rings. The number of rotatable bonds is 8. The van der Waals surface area contributed by atoms with Crippen LogP contribution in [0.2, 0.25) is 0 Å². The van der Waals surface area contributed by atoms with Gasteiger partial charge in [-0.3, -0.25) is 9.97 Å². The average molecular weight is 751 g/mol. The van der Waals surface area contributed by atoms with Crippen molar-refractivity contribution in [2.24, 2.45) is 0 Å². The largest absolute Gasteiger partial charge is 0.508 e. The summed E-state index contributed by atoms with van der Waals surface area (Å²) in [5.41, 5.74) is 13.2. The zero-order valence-electron chi connectivity index (χ0n) is 29.4. The van der Waals surface area contributed by atoms with Crippen LogP contribution >= 0.6 is 22.7 Å². The van der Waals surface area contributed by atoms with Crippen LogP contribution in [-0.2, 0) is 19.3 Å². The number of aromatic hydroxyl groups is 1. The van der Waals surface area contributed by atoms with Crippen molar-refractivity contribution in [2.45, 2.75) is 51.0 Å². The lowest BCUT2D eigenvalue weighted by molar-refractivity contribution is 0.183. The number of benzene rings is 4. The van der Waals surface area contributed by atoms with Gasteiger partial charge in [-0.15, -0.1) is 22.7 Å². The highest BCUT2D eigenvalue weighted by Crippen LogP contribution is 2.36. The van der Waals surface area contributed by atoms with E-state index in [0.717, 1.165) is 69.4 Å². The molecular formula is C42H38N8O2S2. The van der Waals surface area contributed by atoms with Crippen molar-refractivity contribution in [1.29, 1.82) is 21.3 Å². The number of hydrogen-bond acceptors (Lipinski definition) is 12. The molecule has 2 aromatic heterocycles. The summed E-state index contributed by atoms with van der Waals surface area (Å²) in [4.78, 5) is 8.01. The Kier molecular flexibility index (Phi) is 12.8. The summed E-state index contributed by atoms with van der Waals surface area (Å²) in [5.74, 6) is 0.933. The molecule has 0 saturated heterocycles. The number of anilines is 4. The summed E-state index contributed by atoms with van der Waals surface area (Å²) in [6, 6.07) is 26.8. The summed E-state index contributed by atoms with van der Waals surface area (Å²) in [6.45, 7) is 0. The molecule has 270 valence electrons. The fourth-order valence-corrected chi connectivity index (χ4v) is 7.42. The van der Waals surface area contributed by atoms with Crippen LogP contribution in [0.3, 0.4) is 0 Å². The predicted octanol–water partition coefficient (Wildman–Crippen LogP) is 10.2. The minimum absolute atomic E-state index is 0.0245. The molecule has 10 nitrogen and oxygen atoms in total. The number of ether oxygens (including phenoxy) is 1. The number of phenolic OH excluding ortho intramolecular Hbond substituents is 1. The number of aromatic nitrogens is 2. The maximum atomic E-state index is 9.33. The second-order valence-corrected chi connectivity index (χ2v) is 14.4. The van der Waals surface area contributed by atoms with Crippen molar-refractivity contribution in [1.82, 2.24) is 9.97 Å². The van der Waals surface area contributed by atoms with Crippen LogP contribution < -0.4 is 15.4 Å². The Hall–Kier alpha value is -6.34. The molecule has 0 saturated carbocycles. The quantitative estimate of drug-likeness (QED) is 0.0955. The lowest BCUT2D eigenvalue weighted by Gasteiger charge is -2.27. The molecule has 0 aliphatic heterocycles. The van der Waals surface area contributed by atoms with E-state index in [1.54, 1.807) is 41.6 Å². The maximum absolute atomic E-state index is 9.33. The van der Waals surface area contributed by atoms with Gasteiger partial charge in [-0.05, 0) is 116 Å². The molecule has 12 heteroatoms. The molecule has 2 aliphatic carbocycles. The molecule has 0 bridgehead atoms. The first-order valence-corrected chi connectivity index (χ1v) is 19.2. The molecule has 1 atom stereocenters. The van der Waals surface area contributed by atoms with E-state index < -0.39 is 0 Å². The number of fused-ring (bicyclic) bond motifs is 2. The zero-order chi connectivity index (χ0) is 37.7. The second kappa shape index (κ2) is 18.4. The van der Waals surface area contributed by atoms with Gasteiger partial charge >= 0.3 is 0 Å². The molecule has 0 unspecified atom stereocenters. The van der Waals surface area contributed by atoms with Gasteiger partial charge in [0.05, 0.1) is 58.1 Å². The van der Waals surface area contributed by atoms with Gasteiger partial charge in [-0.1, -0.05) is 12.1 Å². The van der Waals surface area contributed by atoms with Crippen molar-refractivity contribution in [2.75, 3.05) is 10.6 Å². The Morgan fingerprint density at radius 3 is 1.93 bits per heavy atom. The Morgan fingerprint density at radius 1 is 0.704 bits per heavy atom. The summed E-state index contributed by atoms with van der Waals surface area (Å²) in [6.07, 6.45) is 13.9. The fourth-order valence-electron chi connectivity index (χ4n) is 6.37. The highest BCUT2D eigenvalue weighted by atomic mass is 32.1. The summed E-state index contributed by atoms with van der Waals surface area (Å²) >= 11 is 2.97. The van der Waals surface area contributed by atoms with Crippen LogP contribution in [0.25, 0.3) is 0 Å². The van der Waals surface area contributed by atoms with Crippen molar-refractivity contribution in [3.05, 3.63) is 141 Å². The first-order chi connectivity index (χ1) is 26.5. The van der Waals surface area contributed by atoms with Crippen molar-refractivity contribution >= 4 is 56.5 Å². The van der Waals surface area contributed by atoms with Crippen molar-refractivity contribution in [3.8, 4) is 23.6 Å². The van der Waals surface area contributed by atoms with Crippen LogP contribution in [0, 0.1) is 33.5 Å². The van der Waals surface area contributed by atoms with Crippen LogP contribution in [0.5, 0.6) is 11.5 Å². The highest BCUT2D eigenvalue weighted by Gasteiger charge is 2.22. The van der Waals surface area contributed by atoms with E-state index >= 15 is 0 Å². The predicted molar refractivity (Wildman–Crippen MR) is 216 cm³/mol. The van der Waals surface area contributed by atoms with Gasteiger partial charge in [0.2, 0.25) is 0 Å². The van der Waals surface area contributed by atoms with Crippen LogP contribution in [0.15, 0.2) is 96.2 Å². The van der Waals surface area contributed by atoms with Crippen molar-refractivity contribution in [3.63, 3.8) is 0 Å². The number of nitrogens with one attached hydrogen (secondary N) is 4. The van der Waals surface area contributed by atoms with Gasteiger partial charge < -0.3 is 31.3 Å². The molecule has 2 heterocycles. The van der Waals surface area contributed by atoms with E-state index in [4.69, 9.17) is 26.1 Å². The normalized spacial score (nSPS) is 13.8. The van der Waals surface area contributed by atoms with E-state index in [9.17, 15) is 5.11 Å². The second-order valence-electron chi connectivity index (χ2n) is 12.6. The third-order valence-electron chi connectivity index (χ3n) is 9.04. The first-order valence-electron chi connectivity index (χ1n) is 17.5. The van der Waals surface area contributed by atoms with E-state index in [1.807, 2.05) is 48.5 Å². The molecule has 0 spiro atoms. The van der Waals surface area contributed by atoms with Crippen molar-refractivity contribution < 1.29 is 9.84 Å². The molecule has 0 radical (unpaired) electrons. The Morgan fingerprint density at radius 2 is 1.30 bits per heavy atom. The molecule has 0 amide bonds. The number of nitriles is 2. The Balaban J connectivity index is 0.000000154. The minimum Gasteiger partial charge on any atom is -0.508 e. The molecule has 54 heavy (non-hydrogen) atoms. The van der Waals surface area contributed by atoms with Gasteiger partial charge in [0.1, 0.15) is 27.6 Å². The minimum atomic E-state index is -0.0245. The molecule has 4 aromatic carbocycles. The van der Waals surface area contributed by atoms with E-state index in [2.05, 4.69) is 38.8 Å². The third kappa shape index (κ3) is 9.75. The van der Waals surface area contributed by atoms with Gasteiger partial charge in [0.25, 0.3) is 0 Å². The average Bonchev–Trinajstić information content (AvgIpc) is 3.93.